The van der Waals surface area contributed by atoms with E-state index < -0.39 is 11.4 Å². The molecule has 1 aliphatic heterocycles. The molecule has 1 heterocycles. The van der Waals surface area contributed by atoms with Gasteiger partial charge in [0.05, 0.1) is 5.41 Å². The summed E-state index contributed by atoms with van der Waals surface area (Å²) < 4.78 is 0. The number of likely N-dealkylation sites (tertiary alicyclic amines) is 1. The van der Waals surface area contributed by atoms with Gasteiger partial charge in [-0.05, 0) is 44.4 Å². The standard InChI is InChI=1S/C16H26N2O3/c1-11(4-5-12-6-7-12)17-15(21)18-9-13-3-2-8-16(13,10-18)14(19)20/h11-13H,2-10H2,1H3,(H,17,21)(H,19,20)/t11?,13-,16+/m0/s1. The molecule has 5 nitrogen and oxygen atoms in total. The van der Waals surface area contributed by atoms with E-state index in [1.165, 1.54) is 19.3 Å². The first kappa shape index (κ1) is 14.7. The number of urea groups is 1. The van der Waals surface area contributed by atoms with Crippen molar-refractivity contribution >= 4 is 12.0 Å². The molecule has 3 aliphatic rings. The van der Waals surface area contributed by atoms with Crippen molar-refractivity contribution in [2.75, 3.05) is 13.1 Å². The highest BCUT2D eigenvalue weighted by molar-refractivity contribution is 5.80. The van der Waals surface area contributed by atoms with Crippen molar-refractivity contribution in [3.63, 3.8) is 0 Å². The van der Waals surface area contributed by atoms with E-state index in [2.05, 4.69) is 5.32 Å². The molecule has 0 aromatic heterocycles. The van der Waals surface area contributed by atoms with Crippen molar-refractivity contribution in [1.82, 2.24) is 10.2 Å². The van der Waals surface area contributed by atoms with Crippen molar-refractivity contribution in [2.45, 2.75) is 57.9 Å². The molecule has 2 amide bonds. The summed E-state index contributed by atoms with van der Waals surface area (Å²) in [6, 6.07) is 0.104. The Morgan fingerprint density at radius 2 is 2.14 bits per heavy atom. The van der Waals surface area contributed by atoms with Crippen LogP contribution in [0.1, 0.15) is 51.9 Å². The van der Waals surface area contributed by atoms with Crippen LogP contribution in [0.5, 0.6) is 0 Å². The van der Waals surface area contributed by atoms with Crippen molar-refractivity contribution in [3.8, 4) is 0 Å². The van der Waals surface area contributed by atoms with E-state index in [1.807, 2.05) is 6.92 Å². The molecule has 0 spiro atoms. The number of carbonyl (C=O) groups excluding carboxylic acids is 1. The molecular formula is C16H26N2O3. The molecule has 1 saturated heterocycles. The predicted octanol–water partition coefficient (Wildman–Crippen LogP) is 2.46. The first-order valence-corrected chi connectivity index (χ1v) is 8.30. The van der Waals surface area contributed by atoms with E-state index in [0.29, 0.717) is 19.5 Å². The molecule has 2 saturated carbocycles. The third kappa shape index (κ3) is 2.87. The average molecular weight is 294 g/mol. The summed E-state index contributed by atoms with van der Waals surface area (Å²) in [5, 5.41) is 12.6. The van der Waals surface area contributed by atoms with Crippen molar-refractivity contribution < 1.29 is 14.7 Å². The maximum atomic E-state index is 12.3. The first-order chi connectivity index (χ1) is 10.0. The van der Waals surface area contributed by atoms with Crippen molar-refractivity contribution in [1.29, 1.82) is 0 Å². The van der Waals surface area contributed by atoms with E-state index in [1.54, 1.807) is 4.90 Å². The van der Waals surface area contributed by atoms with Crippen LogP contribution in [0.15, 0.2) is 0 Å². The lowest BCUT2D eigenvalue weighted by Crippen LogP contribution is -2.44. The Morgan fingerprint density at radius 3 is 2.76 bits per heavy atom. The molecule has 3 fully saturated rings. The van der Waals surface area contributed by atoms with Gasteiger partial charge in [-0.15, -0.1) is 0 Å². The monoisotopic (exact) mass is 294 g/mol. The quantitative estimate of drug-likeness (QED) is 0.818. The summed E-state index contributed by atoms with van der Waals surface area (Å²) in [5.74, 6) is 0.301. The number of amides is 2. The summed E-state index contributed by atoms with van der Waals surface area (Å²) in [5.41, 5.74) is -0.672. The van der Waals surface area contributed by atoms with E-state index in [9.17, 15) is 14.7 Å². The maximum Gasteiger partial charge on any atom is 0.317 e. The fourth-order valence-electron chi connectivity index (χ4n) is 4.06. The fourth-order valence-corrected chi connectivity index (χ4v) is 4.06. The normalized spacial score (nSPS) is 32.8. The van der Waals surface area contributed by atoms with E-state index in [0.717, 1.165) is 25.2 Å². The van der Waals surface area contributed by atoms with Gasteiger partial charge < -0.3 is 15.3 Å². The lowest BCUT2D eigenvalue weighted by molar-refractivity contribution is -0.149. The highest BCUT2D eigenvalue weighted by Crippen LogP contribution is 2.48. The average Bonchev–Trinajstić information content (AvgIpc) is 3.03. The molecule has 0 radical (unpaired) electrons. The Bertz CT molecular complexity index is 435. The van der Waals surface area contributed by atoms with Gasteiger partial charge in [-0.2, -0.15) is 0 Å². The smallest absolute Gasteiger partial charge is 0.317 e. The maximum absolute atomic E-state index is 12.3. The molecule has 3 rings (SSSR count). The second-order valence-electron chi connectivity index (χ2n) is 7.30. The van der Waals surface area contributed by atoms with Gasteiger partial charge in [-0.25, -0.2) is 4.79 Å². The zero-order chi connectivity index (χ0) is 15.0. The zero-order valence-electron chi connectivity index (χ0n) is 12.8. The van der Waals surface area contributed by atoms with Crippen LogP contribution >= 0.6 is 0 Å². The van der Waals surface area contributed by atoms with Gasteiger partial charge in [0.2, 0.25) is 0 Å². The molecule has 118 valence electrons. The largest absolute Gasteiger partial charge is 0.481 e. The molecular weight excluding hydrogens is 268 g/mol. The third-order valence-corrected chi connectivity index (χ3v) is 5.66. The molecule has 1 unspecified atom stereocenters. The Balaban J connectivity index is 1.52. The first-order valence-electron chi connectivity index (χ1n) is 8.30. The van der Waals surface area contributed by atoms with E-state index >= 15 is 0 Å². The summed E-state index contributed by atoms with van der Waals surface area (Å²) >= 11 is 0. The minimum Gasteiger partial charge on any atom is -0.481 e. The van der Waals surface area contributed by atoms with Gasteiger partial charge in [0.25, 0.3) is 0 Å². The van der Waals surface area contributed by atoms with Crippen LogP contribution in [-0.4, -0.2) is 41.1 Å². The molecule has 2 N–H and O–H groups in total. The molecule has 0 bridgehead atoms. The van der Waals surface area contributed by atoms with Crippen LogP contribution in [0.4, 0.5) is 4.79 Å². The summed E-state index contributed by atoms with van der Waals surface area (Å²) in [6.07, 6.45) is 7.54. The van der Waals surface area contributed by atoms with Gasteiger partial charge in [-0.1, -0.05) is 19.3 Å². The van der Waals surface area contributed by atoms with Crippen LogP contribution < -0.4 is 5.32 Å². The molecule has 0 aromatic rings. The minimum atomic E-state index is -0.720. The number of nitrogens with one attached hydrogen (secondary N) is 1. The van der Waals surface area contributed by atoms with Gasteiger partial charge >= 0.3 is 12.0 Å². The van der Waals surface area contributed by atoms with E-state index in [4.69, 9.17) is 0 Å². The highest BCUT2D eigenvalue weighted by atomic mass is 16.4. The van der Waals surface area contributed by atoms with Gasteiger partial charge in [0.1, 0.15) is 0 Å². The number of hydrogen-bond acceptors (Lipinski definition) is 2. The molecule has 21 heavy (non-hydrogen) atoms. The number of aliphatic carboxylic acids is 1. The Hall–Kier alpha value is -1.26. The van der Waals surface area contributed by atoms with Crippen LogP contribution in [0.25, 0.3) is 0 Å². The molecule has 5 heteroatoms. The van der Waals surface area contributed by atoms with Crippen LogP contribution in [0.3, 0.4) is 0 Å². The zero-order valence-corrected chi connectivity index (χ0v) is 12.8. The Kier molecular flexibility index (Phi) is 3.84. The highest BCUT2D eigenvalue weighted by Gasteiger charge is 2.55. The number of rotatable bonds is 5. The van der Waals surface area contributed by atoms with Gasteiger partial charge in [-0.3, -0.25) is 4.79 Å². The SMILES string of the molecule is CC(CCC1CC1)NC(=O)N1C[C@@H]2CCC[C@@]2(C(=O)O)C1. The second kappa shape index (κ2) is 5.50. The van der Waals surface area contributed by atoms with E-state index in [-0.39, 0.29) is 18.0 Å². The van der Waals surface area contributed by atoms with Crippen LogP contribution in [-0.2, 0) is 4.79 Å². The predicted molar refractivity (Wildman–Crippen MR) is 78.9 cm³/mol. The number of carbonyl (C=O) groups is 2. The van der Waals surface area contributed by atoms with Gasteiger partial charge in [0, 0.05) is 19.1 Å². The minimum absolute atomic E-state index is 0.0756. The summed E-state index contributed by atoms with van der Waals surface area (Å²) in [4.78, 5) is 25.7. The Morgan fingerprint density at radius 1 is 1.38 bits per heavy atom. The number of hydrogen-bond donors (Lipinski definition) is 2. The van der Waals surface area contributed by atoms with Crippen LogP contribution in [0.2, 0.25) is 0 Å². The van der Waals surface area contributed by atoms with Crippen molar-refractivity contribution in [3.05, 3.63) is 0 Å². The fraction of sp³-hybridized carbons (Fsp3) is 0.875. The second-order valence-corrected chi connectivity index (χ2v) is 7.30. The lowest BCUT2D eigenvalue weighted by atomic mass is 9.81. The molecule has 2 aliphatic carbocycles. The topological polar surface area (TPSA) is 69.6 Å². The Labute approximate surface area is 126 Å². The third-order valence-electron chi connectivity index (χ3n) is 5.66. The number of fused-ring (bicyclic) bond motifs is 1. The van der Waals surface area contributed by atoms with Crippen LogP contribution in [0, 0.1) is 17.3 Å². The molecule has 3 atom stereocenters. The number of nitrogens with zero attached hydrogens (tertiary/aromatic N) is 1. The summed E-state index contributed by atoms with van der Waals surface area (Å²) in [7, 11) is 0. The summed E-state index contributed by atoms with van der Waals surface area (Å²) in [6.45, 7) is 3.03. The van der Waals surface area contributed by atoms with Gasteiger partial charge in [0.15, 0.2) is 0 Å². The lowest BCUT2D eigenvalue weighted by Gasteiger charge is -2.24. The molecule has 0 aromatic carbocycles. The number of carboxylic acids is 1. The van der Waals surface area contributed by atoms with Crippen molar-refractivity contribution in [2.24, 2.45) is 17.3 Å². The number of carboxylic acid groups (broad SMARTS) is 1.